The number of thioether (sulfide) groups is 1. The van der Waals surface area contributed by atoms with E-state index in [-0.39, 0.29) is 24.8 Å². The van der Waals surface area contributed by atoms with Crippen LogP contribution in [0.15, 0.2) is 40.7 Å². The number of carbonyl (C=O) groups excluding carboxylic acids is 2. The Labute approximate surface area is 170 Å². The Morgan fingerprint density at radius 3 is 2.70 bits per heavy atom. The van der Waals surface area contributed by atoms with Crippen molar-refractivity contribution in [3.63, 3.8) is 0 Å². The Hall–Kier alpha value is -2.23. The zero-order valence-corrected chi connectivity index (χ0v) is 17.2. The summed E-state index contributed by atoms with van der Waals surface area (Å²) in [6.07, 6.45) is 1.77. The van der Waals surface area contributed by atoms with Crippen molar-refractivity contribution in [3.05, 3.63) is 46.3 Å². The highest BCUT2D eigenvalue weighted by Crippen LogP contribution is 2.37. The highest BCUT2D eigenvalue weighted by atomic mass is 32.2. The number of anilines is 1. The second-order valence-corrected chi connectivity index (χ2v) is 8.18. The normalized spacial score (nSPS) is 15.9. The van der Waals surface area contributed by atoms with E-state index in [1.54, 1.807) is 18.7 Å². The number of thiocarbonyl (C=S) groups is 1. The van der Waals surface area contributed by atoms with Gasteiger partial charge in [0.25, 0.3) is 5.91 Å². The maximum absolute atomic E-state index is 12.8. The van der Waals surface area contributed by atoms with Gasteiger partial charge in [0, 0.05) is 24.5 Å². The average molecular weight is 420 g/mol. The summed E-state index contributed by atoms with van der Waals surface area (Å²) in [4.78, 5) is 30.9. The van der Waals surface area contributed by atoms with E-state index in [2.05, 4.69) is 10.3 Å². The van der Waals surface area contributed by atoms with Crippen LogP contribution in [0.1, 0.15) is 18.9 Å². The molecule has 3 rings (SSSR count). The zero-order valence-electron chi connectivity index (χ0n) is 14.7. The van der Waals surface area contributed by atoms with Crippen molar-refractivity contribution in [2.45, 2.75) is 13.3 Å². The molecule has 1 aromatic carbocycles. The highest BCUT2D eigenvalue weighted by molar-refractivity contribution is 8.26. The van der Waals surface area contributed by atoms with Gasteiger partial charge in [0.15, 0.2) is 5.13 Å². The summed E-state index contributed by atoms with van der Waals surface area (Å²) < 4.78 is 5.63. The molecule has 1 aliphatic heterocycles. The average Bonchev–Trinajstić information content (AvgIpc) is 3.27. The van der Waals surface area contributed by atoms with Crippen LogP contribution < -0.4 is 10.1 Å². The monoisotopic (exact) mass is 419 g/mol. The maximum atomic E-state index is 12.8. The van der Waals surface area contributed by atoms with Gasteiger partial charge in [-0.3, -0.25) is 14.5 Å². The third kappa shape index (κ3) is 4.55. The second-order valence-electron chi connectivity index (χ2n) is 5.64. The van der Waals surface area contributed by atoms with E-state index in [0.29, 0.717) is 14.4 Å². The molecule has 0 saturated carbocycles. The number of nitrogens with zero attached hydrogens (tertiary/aromatic N) is 2. The van der Waals surface area contributed by atoms with Crippen LogP contribution in [0.4, 0.5) is 5.13 Å². The highest BCUT2D eigenvalue weighted by Gasteiger charge is 2.33. The summed E-state index contributed by atoms with van der Waals surface area (Å²) in [6.45, 7) is 2.13. The van der Waals surface area contributed by atoms with E-state index in [1.165, 1.54) is 28.0 Å². The van der Waals surface area contributed by atoms with Gasteiger partial charge in [0.2, 0.25) is 5.91 Å². The van der Waals surface area contributed by atoms with Gasteiger partial charge in [-0.15, -0.1) is 11.3 Å². The molecule has 2 heterocycles. The molecule has 140 valence electrons. The van der Waals surface area contributed by atoms with Gasteiger partial charge in [-0.25, -0.2) is 4.98 Å². The lowest BCUT2D eigenvalue weighted by Gasteiger charge is -2.14. The minimum Gasteiger partial charge on any atom is -0.497 e. The summed E-state index contributed by atoms with van der Waals surface area (Å²) in [6, 6.07) is 7.51. The van der Waals surface area contributed by atoms with Crippen LogP contribution in [0, 0.1) is 0 Å². The largest absolute Gasteiger partial charge is 0.497 e. The van der Waals surface area contributed by atoms with E-state index in [1.807, 2.05) is 31.2 Å². The van der Waals surface area contributed by atoms with Crippen molar-refractivity contribution in [1.82, 2.24) is 9.88 Å². The van der Waals surface area contributed by atoms with Crippen molar-refractivity contribution in [3.8, 4) is 5.75 Å². The van der Waals surface area contributed by atoms with E-state index in [0.717, 1.165) is 16.9 Å². The number of ether oxygens (including phenoxy) is 1. The van der Waals surface area contributed by atoms with Gasteiger partial charge in [-0.05, 0) is 30.2 Å². The first-order valence-corrected chi connectivity index (χ1v) is 10.2. The van der Waals surface area contributed by atoms with Crippen LogP contribution in [0.3, 0.4) is 0 Å². The fourth-order valence-corrected chi connectivity index (χ4v) is 4.37. The molecule has 2 aromatic rings. The van der Waals surface area contributed by atoms with Crippen LogP contribution in [0.25, 0.3) is 5.57 Å². The van der Waals surface area contributed by atoms with E-state index < -0.39 is 0 Å². The van der Waals surface area contributed by atoms with E-state index >= 15 is 0 Å². The molecule has 0 spiro atoms. The van der Waals surface area contributed by atoms with Gasteiger partial charge in [0.05, 0.1) is 12.0 Å². The minimum atomic E-state index is -0.199. The predicted molar refractivity (Wildman–Crippen MR) is 113 cm³/mol. The SMILES string of the molecule is COc1ccc(C(C)=C2SC(=S)N(CCC(=O)Nc3nccs3)C2=O)cc1. The Morgan fingerprint density at radius 2 is 2.07 bits per heavy atom. The van der Waals surface area contributed by atoms with Gasteiger partial charge >= 0.3 is 0 Å². The van der Waals surface area contributed by atoms with Gasteiger partial charge < -0.3 is 10.1 Å². The molecule has 0 aliphatic carbocycles. The van der Waals surface area contributed by atoms with Crippen LogP contribution in [-0.4, -0.2) is 39.7 Å². The molecule has 2 amide bonds. The lowest BCUT2D eigenvalue weighted by atomic mass is 10.1. The number of hydrogen-bond donors (Lipinski definition) is 1. The number of methoxy groups -OCH3 is 1. The summed E-state index contributed by atoms with van der Waals surface area (Å²) in [5.41, 5.74) is 1.78. The Kier molecular flexibility index (Phi) is 6.25. The van der Waals surface area contributed by atoms with Crippen LogP contribution in [0.5, 0.6) is 5.75 Å². The number of allylic oxidation sites excluding steroid dienone is 1. The summed E-state index contributed by atoms with van der Waals surface area (Å²) in [7, 11) is 1.61. The molecular weight excluding hydrogens is 402 g/mol. The number of carbonyl (C=O) groups is 2. The number of benzene rings is 1. The number of amides is 2. The molecule has 6 nitrogen and oxygen atoms in total. The third-order valence-electron chi connectivity index (χ3n) is 3.95. The number of hydrogen-bond acceptors (Lipinski definition) is 7. The smallest absolute Gasteiger partial charge is 0.266 e. The topological polar surface area (TPSA) is 71.5 Å². The number of nitrogens with one attached hydrogen (secondary N) is 1. The molecule has 0 radical (unpaired) electrons. The summed E-state index contributed by atoms with van der Waals surface area (Å²) in [5.74, 6) is 0.389. The predicted octanol–water partition coefficient (Wildman–Crippen LogP) is 3.77. The van der Waals surface area contributed by atoms with Crippen LogP contribution >= 0.6 is 35.3 Å². The molecule has 1 aromatic heterocycles. The molecule has 9 heteroatoms. The Morgan fingerprint density at radius 1 is 1.33 bits per heavy atom. The van der Waals surface area contributed by atoms with Crippen molar-refractivity contribution >= 4 is 62.2 Å². The molecule has 0 bridgehead atoms. The molecule has 1 fully saturated rings. The first kappa shape index (κ1) is 19.5. The molecular formula is C18H17N3O3S3. The lowest BCUT2D eigenvalue weighted by Crippen LogP contribution is -2.31. The van der Waals surface area contributed by atoms with Crippen molar-refractivity contribution < 1.29 is 14.3 Å². The second kappa shape index (κ2) is 8.64. The third-order valence-corrected chi connectivity index (χ3v) is 6.19. The maximum Gasteiger partial charge on any atom is 0.266 e. The first-order valence-electron chi connectivity index (χ1n) is 8.08. The fourth-order valence-electron chi connectivity index (χ4n) is 2.47. The minimum absolute atomic E-state index is 0.154. The standard InChI is InChI=1S/C18H17N3O3S3/c1-11(12-3-5-13(24-2)6-4-12)15-16(23)21(18(25)27-15)9-7-14(22)20-17-19-8-10-26-17/h3-6,8,10H,7,9H2,1-2H3,(H,19,20,22). The van der Waals surface area contributed by atoms with Gasteiger partial charge in [-0.1, -0.05) is 36.1 Å². The number of rotatable bonds is 6. The van der Waals surface area contributed by atoms with E-state index in [4.69, 9.17) is 17.0 Å². The quantitative estimate of drug-likeness (QED) is 0.568. The molecule has 1 N–H and O–H groups in total. The summed E-state index contributed by atoms with van der Waals surface area (Å²) >= 11 is 7.95. The molecule has 1 aliphatic rings. The molecule has 27 heavy (non-hydrogen) atoms. The molecule has 1 saturated heterocycles. The van der Waals surface area contributed by atoms with Gasteiger partial charge in [-0.2, -0.15) is 0 Å². The number of aromatic nitrogens is 1. The lowest BCUT2D eigenvalue weighted by molar-refractivity contribution is -0.122. The Balaban J connectivity index is 1.67. The van der Waals surface area contributed by atoms with E-state index in [9.17, 15) is 9.59 Å². The van der Waals surface area contributed by atoms with Gasteiger partial charge in [0.1, 0.15) is 10.1 Å². The summed E-state index contributed by atoms with van der Waals surface area (Å²) in [5, 5.41) is 5.03. The fraction of sp³-hybridized carbons (Fsp3) is 0.222. The zero-order chi connectivity index (χ0) is 19.4. The van der Waals surface area contributed by atoms with Crippen molar-refractivity contribution in [2.75, 3.05) is 19.0 Å². The molecule has 0 unspecified atom stereocenters. The number of thiazole rings is 1. The van der Waals surface area contributed by atoms with Crippen molar-refractivity contribution in [1.29, 1.82) is 0 Å². The molecule has 0 atom stereocenters. The van der Waals surface area contributed by atoms with Crippen molar-refractivity contribution in [2.24, 2.45) is 0 Å². The first-order chi connectivity index (χ1) is 13.0. The van der Waals surface area contributed by atoms with Crippen LogP contribution in [-0.2, 0) is 9.59 Å². The van der Waals surface area contributed by atoms with Crippen LogP contribution in [0.2, 0.25) is 0 Å². The Bertz CT molecular complexity index is 892.